The Balaban J connectivity index is 2.71. The Kier molecular flexibility index (Phi) is 1.90. The molecule has 1 aromatic carbocycles. The number of hydrogen-bond acceptors (Lipinski definition) is 5. The van der Waals surface area contributed by atoms with Crippen molar-refractivity contribution >= 4 is 5.97 Å². The molecule has 1 heterocycles. The van der Waals surface area contributed by atoms with Crippen molar-refractivity contribution in [2.24, 2.45) is 0 Å². The first kappa shape index (κ1) is 9.54. The molecule has 0 amide bonds. The number of benzene rings is 1. The van der Waals surface area contributed by atoms with Crippen LogP contribution in [0.5, 0.6) is 11.5 Å². The molecular weight excluding hydrogens is 200 g/mol. The quantitative estimate of drug-likeness (QED) is 0.549. The average molecular weight is 208 g/mol. The molecule has 5 nitrogen and oxygen atoms in total. The van der Waals surface area contributed by atoms with E-state index in [1.54, 1.807) is 0 Å². The molecule has 0 saturated heterocycles. The number of aromatic hydroxyl groups is 2. The number of fused-ring (bicyclic) bond motifs is 1. The van der Waals surface area contributed by atoms with E-state index in [9.17, 15) is 20.1 Å². The summed E-state index contributed by atoms with van der Waals surface area (Å²) in [5, 5.41) is 28.2. The molecule has 1 unspecified atom stereocenters. The zero-order valence-corrected chi connectivity index (χ0v) is 7.60. The summed E-state index contributed by atoms with van der Waals surface area (Å²) in [4.78, 5) is 11.3. The van der Waals surface area contributed by atoms with Crippen LogP contribution in [-0.2, 0) is 4.74 Å². The van der Waals surface area contributed by atoms with Crippen molar-refractivity contribution in [3.8, 4) is 11.5 Å². The maximum Gasteiger partial charge on any atom is 0.347 e. The van der Waals surface area contributed by atoms with Gasteiger partial charge in [-0.25, -0.2) is 4.79 Å². The van der Waals surface area contributed by atoms with Gasteiger partial charge in [-0.2, -0.15) is 0 Å². The number of hydrogen-bond donors (Lipinski definition) is 3. The van der Waals surface area contributed by atoms with Crippen LogP contribution in [-0.4, -0.2) is 21.3 Å². The fraction of sp³-hybridized carbons (Fsp3) is 0.100. The summed E-state index contributed by atoms with van der Waals surface area (Å²) in [6.45, 7) is 3.35. The van der Waals surface area contributed by atoms with E-state index in [2.05, 4.69) is 11.3 Å². The summed E-state index contributed by atoms with van der Waals surface area (Å²) in [6, 6.07) is 2.19. The lowest BCUT2D eigenvalue weighted by molar-refractivity contribution is 0.0436. The summed E-state index contributed by atoms with van der Waals surface area (Å²) in [5.74, 6) is -1.59. The average Bonchev–Trinajstić information content (AvgIpc) is 2.12. The van der Waals surface area contributed by atoms with E-state index in [1.165, 1.54) is 6.07 Å². The fourth-order valence-electron chi connectivity index (χ4n) is 1.47. The summed E-state index contributed by atoms with van der Waals surface area (Å²) in [7, 11) is 0. The zero-order valence-electron chi connectivity index (χ0n) is 7.60. The Morgan fingerprint density at radius 2 is 2.00 bits per heavy atom. The molecule has 0 aliphatic carbocycles. The first-order chi connectivity index (χ1) is 7.00. The van der Waals surface area contributed by atoms with E-state index < -0.39 is 17.8 Å². The standard InChI is InChI=1S/C10H8O5/c1-4-9(13)6-2-5(11)3-7(12)8(6)10(14)15-4/h2-3,9,11-13H,1H2. The Hall–Kier alpha value is -2.01. The molecule has 78 valence electrons. The zero-order chi connectivity index (χ0) is 11.2. The number of aliphatic hydroxyl groups excluding tert-OH is 1. The van der Waals surface area contributed by atoms with Gasteiger partial charge in [-0.05, 0) is 6.07 Å². The van der Waals surface area contributed by atoms with Crippen LogP contribution in [0.2, 0.25) is 0 Å². The number of cyclic esters (lactones) is 1. The molecular formula is C10H8O5. The van der Waals surface area contributed by atoms with Gasteiger partial charge in [0.15, 0.2) is 0 Å². The molecule has 1 aliphatic heterocycles. The monoisotopic (exact) mass is 208 g/mol. The first-order valence-corrected chi connectivity index (χ1v) is 4.15. The summed E-state index contributed by atoms with van der Waals surface area (Å²) < 4.78 is 4.62. The molecule has 0 fully saturated rings. The summed E-state index contributed by atoms with van der Waals surface area (Å²) >= 11 is 0. The Morgan fingerprint density at radius 3 is 2.67 bits per heavy atom. The molecule has 0 saturated carbocycles. The van der Waals surface area contributed by atoms with Gasteiger partial charge in [0.1, 0.15) is 28.9 Å². The van der Waals surface area contributed by atoms with Crippen LogP contribution < -0.4 is 0 Å². The van der Waals surface area contributed by atoms with Gasteiger partial charge in [-0.15, -0.1) is 0 Å². The van der Waals surface area contributed by atoms with Crippen LogP contribution in [0.25, 0.3) is 0 Å². The Bertz CT molecular complexity index is 463. The maximum absolute atomic E-state index is 11.3. The molecule has 5 heteroatoms. The van der Waals surface area contributed by atoms with E-state index in [-0.39, 0.29) is 22.6 Å². The second kappa shape index (κ2) is 2.99. The van der Waals surface area contributed by atoms with Gasteiger partial charge in [0.25, 0.3) is 0 Å². The lowest BCUT2D eigenvalue weighted by Crippen LogP contribution is -2.20. The molecule has 1 aromatic rings. The maximum atomic E-state index is 11.3. The smallest absolute Gasteiger partial charge is 0.347 e. The van der Waals surface area contributed by atoms with E-state index in [1.807, 2.05) is 0 Å². The molecule has 0 bridgehead atoms. The highest BCUT2D eigenvalue weighted by atomic mass is 16.5. The van der Waals surface area contributed by atoms with Crippen LogP contribution >= 0.6 is 0 Å². The van der Waals surface area contributed by atoms with E-state index in [0.29, 0.717) is 0 Å². The number of rotatable bonds is 0. The van der Waals surface area contributed by atoms with Gasteiger partial charge in [-0.1, -0.05) is 6.58 Å². The number of phenolic OH excluding ortho intramolecular Hbond substituents is 2. The van der Waals surface area contributed by atoms with Crippen LogP contribution in [0.1, 0.15) is 22.0 Å². The molecule has 0 aromatic heterocycles. The number of ether oxygens (including phenoxy) is 1. The summed E-state index contributed by atoms with van der Waals surface area (Å²) in [5.41, 5.74) is -0.0542. The van der Waals surface area contributed by atoms with Crippen molar-refractivity contribution in [1.82, 2.24) is 0 Å². The van der Waals surface area contributed by atoms with Gasteiger partial charge in [0.2, 0.25) is 0 Å². The lowest BCUT2D eigenvalue weighted by Gasteiger charge is -2.23. The first-order valence-electron chi connectivity index (χ1n) is 4.15. The predicted molar refractivity (Wildman–Crippen MR) is 49.3 cm³/mol. The van der Waals surface area contributed by atoms with E-state index in [4.69, 9.17) is 0 Å². The minimum Gasteiger partial charge on any atom is -0.508 e. The molecule has 15 heavy (non-hydrogen) atoms. The SMILES string of the molecule is C=C1OC(=O)c2c(O)cc(O)cc2C1O. The Morgan fingerprint density at radius 1 is 1.33 bits per heavy atom. The third kappa shape index (κ3) is 1.33. The topological polar surface area (TPSA) is 87.0 Å². The van der Waals surface area contributed by atoms with Crippen LogP contribution in [0.4, 0.5) is 0 Å². The largest absolute Gasteiger partial charge is 0.508 e. The van der Waals surface area contributed by atoms with Crippen molar-refractivity contribution in [3.63, 3.8) is 0 Å². The highest BCUT2D eigenvalue weighted by Gasteiger charge is 2.32. The van der Waals surface area contributed by atoms with Gasteiger partial charge in [0, 0.05) is 11.6 Å². The van der Waals surface area contributed by atoms with E-state index in [0.717, 1.165) is 6.07 Å². The van der Waals surface area contributed by atoms with Crippen molar-refractivity contribution in [1.29, 1.82) is 0 Å². The number of carbonyl (C=O) groups is 1. The van der Waals surface area contributed by atoms with Crippen LogP contribution in [0, 0.1) is 0 Å². The second-order valence-electron chi connectivity index (χ2n) is 3.19. The number of esters is 1. The van der Waals surface area contributed by atoms with Gasteiger partial charge < -0.3 is 20.1 Å². The Labute approximate surface area is 84.9 Å². The van der Waals surface area contributed by atoms with Gasteiger partial charge >= 0.3 is 5.97 Å². The van der Waals surface area contributed by atoms with Crippen molar-refractivity contribution in [2.45, 2.75) is 6.10 Å². The van der Waals surface area contributed by atoms with Crippen molar-refractivity contribution < 1.29 is 24.9 Å². The molecule has 1 atom stereocenters. The fourth-order valence-corrected chi connectivity index (χ4v) is 1.47. The highest BCUT2D eigenvalue weighted by Crippen LogP contribution is 2.38. The number of aliphatic hydroxyl groups is 1. The molecule has 0 radical (unpaired) electrons. The number of carbonyl (C=O) groups excluding carboxylic acids is 1. The minimum absolute atomic E-state index is 0.0914. The van der Waals surface area contributed by atoms with Crippen molar-refractivity contribution in [2.75, 3.05) is 0 Å². The third-order valence-electron chi connectivity index (χ3n) is 2.16. The van der Waals surface area contributed by atoms with Gasteiger partial charge in [-0.3, -0.25) is 0 Å². The third-order valence-corrected chi connectivity index (χ3v) is 2.16. The van der Waals surface area contributed by atoms with Crippen molar-refractivity contribution in [3.05, 3.63) is 35.6 Å². The predicted octanol–water partition coefficient (Wildman–Crippen LogP) is 0.815. The second-order valence-corrected chi connectivity index (χ2v) is 3.19. The highest BCUT2D eigenvalue weighted by molar-refractivity contribution is 5.96. The molecule has 2 rings (SSSR count). The van der Waals surface area contributed by atoms with E-state index >= 15 is 0 Å². The molecule has 1 aliphatic rings. The van der Waals surface area contributed by atoms with Crippen LogP contribution in [0.3, 0.4) is 0 Å². The molecule has 0 spiro atoms. The lowest BCUT2D eigenvalue weighted by atomic mass is 9.97. The van der Waals surface area contributed by atoms with Gasteiger partial charge in [0.05, 0.1) is 0 Å². The van der Waals surface area contributed by atoms with Crippen LogP contribution in [0.15, 0.2) is 24.5 Å². The molecule has 3 N–H and O–H groups in total. The minimum atomic E-state index is -1.23. The normalized spacial score (nSPS) is 19.7. The summed E-state index contributed by atoms with van der Waals surface area (Å²) in [6.07, 6.45) is -1.23. The number of phenols is 2.